The van der Waals surface area contributed by atoms with Gasteiger partial charge in [0.1, 0.15) is 4.88 Å². The van der Waals surface area contributed by atoms with E-state index in [0.717, 1.165) is 53.6 Å². The minimum absolute atomic E-state index is 0.710. The van der Waals surface area contributed by atoms with Gasteiger partial charge in [-0.3, -0.25) is 0 Å². The second kappa shape index (κ2) is 8.36. The molecular weight excluding hydrogens is 346 g/mol. The number of benzene rings is 1. The van der Waals surface area contributed by atoms with Gasteiger partial charge in [-0.1, -0.05) is 38.5 Å². The number of unbranched alkanes of at least 4 members (excludes halogenated alkanes) is 1. The number of aryl methyl sites for hydroxylation is 2. The average molecular weight is 372 g/mol. The molecule has 26 heavy (non-hydrogen) atoms. The Bertz CT molecular complexity index is 870. The van der Waals surface area contributed by atoms with Crippen LogP contribution in [0.5, 0.6) is 11.5 Å². The molecule has 6 heteroatoms. The molecule has 0 saturated heterocycles. The van der Waals surface area contributed by atoms with Crippen LogP contribution in [0.25, 0.3) is 16.4 Å². The first-order valence-electron chi connectivity index (χ1n) is 8.97. The molecule has 3 rings (SSSR count). The van der Waals surface area contributed by atoms with Crippen molar-refractivity contribution in [3.63, 3.8) is 0 Å². The first kappa shape index (κ1) is 18.5. The summed E-state index contributed by atoms with van der Waals surface area (Å²) in [6, 6.07) is 8.33. The third-order valence-electron chi connectivity index (χ3n) is 4.35. The zero-order valence-electron chi connectivity index (χ0n) is 15.8. The fraction of sp³-hybridized carbons (Fsp3) is 0.400. The average Bonchev–Trinajstić information content (AvgIpc) is 3.29. The van der Waals surface area contributed by atoms with Crippen molar-refractivity contribution in [1.82, 2.24) is 14.8 Å². The van der Waals surface area contributed by atoms with Crippen LogP contribution in [-0.4, -0.2) is 29.0 Å². The van der Waals surface area contributed by atoms with Gasteiger partial charge < -0.3 is 9.47 Å². The van der Waals surface area contributed by atoms with Crippen molar-refractivity contribution in [1.29, 1.82) is 0 Å². The Morgan fingerprint density at radius 2 is 1.92 bits per heavy atom. The van der Waals surface area contributed by atoms with Crippen LogP contribution in [-0.2, 0) is 12.8 Å². The second-order valence-electron chi connectivity index (χ2n) is 6.02. The van der Waals surface area contributed by atoms with Crippen LogP contribution in [0.2, 0.25) is 0 Å². The van der Waals surface area contributed by atoms with Crippen molar-refractivity contribution in [2.45, 2.75) is 39.5 Å². The molecule has 2 aromatic heterocycles. The molecule has 0 amide bonds. The molecule has 0 aliphatic carbocycles. The molecule has 0 aliphatic rings. The van der Waals surface area contributed by atoms with Gasteiger partial charge in [0.2, 0.25) is 0 Å². The molecule has 0 bridgehead atoms. The van der Waals surface area contributed by atoms with Crippen molar-refractivity contribution in [3.05, 3.63) is 41.0 Å². The fourth-order valence-corrected chi connectivity index (χ4v) is 3.90. The highest BCUT2D eigenvalue weighted by molar-refractivity contribution is 7.14. The van der Waals surface area contributed by atoms with Crippen LogP contribution in [0, 0.1) is 0 Å². The lowest BCUT2D eigenvalue weighted by Gasteiger charge is -2.10. The fourth-order valence-electron chi connectivity index (χ4n) is 2.95. The number of aromatic nitrogens is 3. The van der Waals surface area contributed by atoms with Crippen LogP contribution >= 0.6 is 11.3 Å². The molecule has 3 aromatic rings. The van der Waals surface area contributed by atoms with Gasteiger partial charge in [0, 0.05) is 11.8 Å². The van der Waals surface area contributed by atoms with Gasteiger partial charge in [-0.05, 0) is 24.5 Å². The summed E-state index contributed by atoms with van der Waals surface area (Å²) in [5, 5.41) is 6.78. The summed E-state index contributed by atoms with van der Waals surface area (Å²) in [5.41, 5.74) is 2.30. The van der Waals surface area contributed by atoms with E-state index < -0.39 is 0 Å². The summed E-state index contributed by atoms with van der Waals surface area (Å²) in [4.78, 5) is 5.79. The smallest absolute Gasteiger partial charge is 0.182 e. The molecule has 0 atom stereocenters. The van der Waals surface area contributed by atoms with E-state index in [1.165, 1.54) is 5.56 Å². The zero-order chi connectivity index (χ0) is 18.5. The summed E-state index contributed by atoms with van der Waals surface area (Å²) in [6.45, 7) is 4.33. The SMILES string of the molecule is CCCCc1nc(-c2scc(OC)c2OC)n(-c2ccccc2CC)n1. The highest BCUT2D eigenvalue weighted by Gasteiger charge is 2.22. The third-order valence-corrected chi connectivity index (χ3v) is 5.28. The number of rotatable bonds is 8. The lowest BCUT2D eigenvalue weighted by molar-refractivity contribution is 0.359. The molecule has 0 N–H and O–H groups in total. The highest BCUT2D eigenvalue weighted by Crippen LogP contribution is 2.43. The van der Waals surface area contributed by atoms with Crippen LogP contribution in [0.15, 0.2) is 29.6 Å². The van der Waals surface area contributed by atoms with Gasteiger partial charge in [0.15, 0.2) is 23.1 Å². The zero-order valence-corrected chi connectivity index (χ0v) is 16.6. The van der Waals surface area contributed by atoms with Crippen molar-refractivity contribution in [2.24, 2.45) is 0 Å². The Kier molecular flexibility index (Phi) is 5.93. The molecule has 0 aliphatic heterocycles. The van der Waals surface area contributed by atoms with Gasteiger partial charge in [-0.25, -0.2) is 9.67 Å². The van der Waals surface area contributed by atoms with Crippen LogP contribution in [0.1, 0.15) is 38.1 Å². The Hall–Kier alpha value is -2.34. The minimum Gasteiger partial charge on any atom is -0.492 e. The Morgan fingerprint density at radius 3 is 2.62 bits per heavy atom. The standard InChI is InChI=1S/C20H25N3O2S/c1-5-7-12-17-21-20(19-18(25-4)16(24-3)13-26-19)23(22-17)15-11-9-8-10-14(15)6-2/h8-11,13H,5-7,12H2,1-4H3. The number of hydrogen-bond acceptors (Lipinski definition) is 5. The summed E-state index contributed by atoms with van der Waals surface area (Å²) < 4.78 is 13.0. The Balaban J connectivity index is 2.17. The molecule has 0 radical (unpaired) electrons. The summed E-state index contributed by atoms with van der Waals surface area (Å²) >= 11 is 1.56. The predicted molar refractivity (Wildman–Crippen MR) is 106 cm³/mol. The summed E-state index contributed by atoms with van der Waals surface area (Å²) in [5.74, 6) is 3.10. The van der Waals surface area contributed by atoms with E-state index in [1.807, 2.05) is 16.1 Å². The molecule has 1 aromatic carbocycles. The molecule has 0 fully saturated rings. The van der Waals surface area contributed by atoms with E-state index >= 15 is 0 Å². The van der Waals surface area contributed by atoms with Crippen LogP contribution in [0.3, 0.4) is 0 Å². The van der Waals surface area contributed by atoms with Gasteiger partial charge in [-0.2, -0.15) is 5.10 Å². The number of para-hydroxylation sites is 1. The summed E-state index contributed by atoms with van der Waals surface area (Å²) in [6.07, 6.45) is 4.00. The molecule has 0 unspecified atom stereocenters. The Labute approximate surface area is 158 Å². The van der Waals surface area contributed by atoms with Gasteiger partial charge in [0.05, 0.1) is 19.9 Å². The van der Waals surface area contributed by atoms with E-state index in [2.05, 4.69) is 32.0 Å². The van der Waals surface area contributed by atoms with Crippen LogP contribution < -0.4 is 9.47 Å². The van der Waals surface area contributed by atoms with E-state index in [4.69, 9.17) is 19.6 Å². The van der Waals surface area contributed by atoms with Crippen molar-refractivity contribution in [3.8, 4) is 27.9 Å². The highest BCUT2D eigenvalue weighted by atomic mass is 32.1. The van der Waals surface area contributed by atoms with Gasteiger partial charge >= 0.3 is 0 Å². The monoisotopic (exact) mass is 371 g/mol. The summed E-state index contributed by atoms with van der Waals surface area (Å²) in [7, 11) is 3.31. The third kappa shape index (κ3) is 3.46. The molecule has 2 heterocycles. The van der Waals surface area contributed by atoms with Crippen molar-refractivity contribution in [2.75, 3.05) is 14.2 Å². The number of nitrogens with zero attached hydrogens (tertiary/aromatic N) is 3. The lowest BCUT2D eigenvalue weighted by Crippen LogP contribution is -2.03. The predicted octanol–water partition coefficient (Wildman–Crippen LogP) is 4.92. The number of hydrogen-bond donors (Lipinski definition) is 0. The van der Waals surface area contributed by atoms with E-state index in [9.17, 15) is 0 Å². The molecule has 138 valence electrons. The Morgan fingerprint density at radius 1 is 1.12 bits per heavy atom. The molecule has 5 nitrogen and oxygen atoms in total. The maximum Gasteiger partial charge on any atom is 0.182 e. The number of ether oxygens (including phenoxy) is 2. The largest absolute Gasteiger partial charge is 0.492 e. The number of methoxy groups -OCH3 is 2. The van der Waals surface area contributed by atoms with Gasteiger partial charge in [-0.15, -0.1) is 11.3 Å². The maximum atomic E-state index is 5.60. The van der Waals surface area contributed by atoms with Gasteiger partial charge in [0.25, 0.3) is 0 Å². The van der Waals surface area contributed by atoms with Crippen molar-refractivity contribution >= 4 is 11.3 Å². The molecule has 0 saturated carbocycles. The second-order valence-corrected chi connectivity index (χ2v) is 6.90. The number of thiophene rings is 1. The first-order valence-corrected chi connectivity index (χ1v) is 9.85. The van der Waals surface area contributed by atoms with Crippen molar-refractivity contribution < 1.29 is 9.47 Å². The minimum atomic E-state index is 0.710. The molecule has 0 spiro atoms. The first-order chi connectivity index (χ1) is 12.7. The van der Waals surface area contributed by atoms with Crippen LogP contribution in [0.4, 0.5) is 0 Å². The lowest BCUT2D eigenvalue weighted by atomic mass is 10.1. The topological polar surface area (TPSA) is 49.2 Å². The molecular formula is C20H25N3O2S. The normalized spacial score (nSPS) is 10.9. The van der Waals surface area contributed by atoms with E-state index in [1.54, 1.807) is 25.6 Å². The van der Waals surface area contributed by atoms with E-state index in [-0.39, 0.29) is 0 Å². The maximum absolute atomic E-state index is 5.60. The quantitative estimate of drug-likeness (QED) is 0.564. The van der Waals surface area contributed by atoms with E-state index in [0.29, 0.717) is 5.75 Å².